The number of ketones is 1. The molecule has 0 spiro atoms. The van der Waals surface area contributed by atoms with Crippen LogP contribution >= 0.6 is 11.3 Å². The number of nitrogens with zero attached hydrogens (tertiary/aromatic N) is 2. The van der Waals surface area contributed by atoms with E-state index in [0.29, 0.717) is 5.13 Å². The lowest BCUT2D eigenvalue weighted by Gasteiger charge is -2.40. The Kier molecular flexibility index (Phi) is 5.63. The monoisotopic (exact) mass is 443 g/mol. The van der Waals surface area contributed by atoms with Crippen LogP contribution in [0.5, 0.6) is 0 Å². The van der Waals surface area contributed by atoms with Crippen LogP contribution in [0.2, 0.25) is 0 Å². The summed E-state index contributed by atoms with van der Waals surface area (Å²) in [6, 6.07) is 11.1. The average molecular weight is 444 g/mol. The Morgan fingerprint density at radius 2 is 1.87 bits per heavy atom. The number of anilines is 4. The second kappa shape index (κ2) is 8.24. The molecule has 9 heteroatoms. The van der Waals surface area contributed by atoms with Gasteiger partial charge < -0.3 is 21.3 Å². The van der Waals surface area contributed by atoms with Crippen molar-refractivity contribution in [3.63, 3.8) is 0 Å². The first-order valence-corrected chi connectivity index (χ1v) is 10.7. The number of halogens is 2. The molecule has 0 atom stereocenters. The van der Waals surface area contributed by atoms with Crippen molar-refractivity contribution in [3.05, 3.63) is 64.5 Å². The number of benzene rings is 2. The fourth-order valence-corrected chi connectivity index (χ4v) is 4.47. The van der Waals surface area contributed by atoms with Gasteiger partial charge in [-0.25, -0.2) is 13.8 Å². The second-order valence-electron chi connectivity index (χ2n) is 8.06. The standard InChI is InChI=1S/C22H23F2N5OS/c1-22(2)12-29(11-10-26-22)14-8-6-13(7-9-14)27-21-28-20(25)19(31-21)18(30)17-15(23)4-3-5-16(17)24/h3-9,26H,10-12,25H2,1-2H3,(H,27,28). The van der Waals surface area contributed by atoms with Gasteiger partial charge in [0.15, 0.2) is 5.13 Å². The van der Waals surface area contributed by atoms with Crippen molar-refractivity contribution in [3.8, 4) is 0 Å². The molecule has 0 bridgehead atoms. The van der Waals surface area contributed by atoms with Crippen LogP contribution in [0.4, 0.5) is 31.1 Å². The fraction of sp³-hybridized carbons (Fsp3) is 0.273. The summed E-state index contributed by atoms with van der Waals surface area (Å²) in [7, 11) is 0. The molecule has 2 heterocycles. The number of nitrogen functional groups attached to an aromatic ring is 1. The quantitative estimate of drug-likeness (QED) is 0.514. The molecule has 3 aromatic rings. The van der Waals surface area contributed by atoms with Gasteiger partial charge in [0.2, 0.25) is 5.78 Å². The average Bonchev–Trinajstić information content (AvgIpc) is 3.07. The highest BCUT2D eigenvalue weighted by atomic mass is 32.1. The highest BCUT2D eigenvalue weighted by molar-refractivity contribution is 7.18. The van der Waals surface area contributed by atoms with E-state index in [1.807, 2.05) is 24.3 Å². The Morgan fingerprint density at radius 3 is 2.52 bits per heavy atom. The third kappa shape index (κ3) is 4.52. The van der Waals surface area contributed by atoms with Gasteiger partial charge in [-0.05, 0) is 50.2 Å². The maximum Gasteiger partial charge on any atom is 0.212 e. The number of aromatic nitrogens is 1. The second-order valence-corrected chi connectivity index (χ2v) is 9.06. The van der Waals surface area contributed by atoms with E-state index >= 15 is 0 Å². The molecule has 162 valence electrons. The zero-order valence-electron chi connectivity index (χ0n) is 17.2. The molecule has 4 N–H and O–H groups in total. The third-order valence-corrected chi connectivity index (χ3v) is 6.09. The lowest BCUT2D eigenvalue weighted by Crippen LogP contribution is -2.57. The molecule has 1 aliphatic heterocycles. The van der Waals surface area contributed by atoms with Gasteiger partial charge in [0.25, 0.3) is 0 Å². The molecule has 2 aromatic carbocycles. The maximum atomic E-state index is 14.0. The van der Waals surface area contributed by atoms with Crippen molar-refractivity contribution in [2.75, 3.05) is 35.6 Å². The first kappa shape index (κ1) is 21.2. The predicted molar refractivity (Wildman–Crippen MR) is 120 cm³/mol. The minimum Gasteiger partial charge on any atom is -0.382 e. The molecule has 1 saturated heterocycles. The first-order chi connectivity index (χ1) is 14.7. The summed E-state index contributed by atoms with van der Waals surface area (Å²) in [6.45, 7) is 7.10. The van der Waals surface area contributed by atoms with E-state index in [2.05, 4.69) is 34.4 Å². The van der Waals surface area contributed by atoms with Gasteiger partial charge in [-0.2, -0.15) is 0 Å². The number of rotatable bonds is 5. The molecule has 0 unspecified atom stereocenters. The number of piperazine rings is 1. The number of hydrogen-bond donors (Lipinski definition) is 3. The molecule has 0 aliphatic carbocycles. The Bertz CT molecular complexity index is 1090. The van der Waals surface area contributed by atoms with Crippen LogP contribution in [0.25, 0.3) is 0 Å². The molecule has 6 nitrogen and oxygen atoms in total. The van der Waals surface area contributed by atoms with Gasteiger partial charge in [0, 0.05) is 36.5 Å². The lowest BCUT2D eigenvalue weighted by molar-refractivity contribution is 0.103. The predicted octanol–water partition coefficient (Wildman–Crippen LogP) is 4.17. The lowest BCUT2D eigenvalue weighted by atomic mass is 10.0. The normalized spacial score (nSPS) is 15.7. The van der Waals surface area contributed by atoms with Gasteiger partial charge >= 0.3 is 0 Å². The van der Waals surface area contributed by atoms with Crippen LogP contribution in [0.3, 0.4) is 0 Å². The SMILES string of the molecule is CC1(C)CN(c2ccc(Nc3nc(N)c(C(=O)c4c(F)cccc4F)s3)cc2)CCN1. The van der Waals surface area contributed by atoms with Crippen molar-refractivity contribution in [1.29, 1.82) is 0 Å². The van der Waals surface area contributed by atoms with Crippen molar-refractivity contribution in [2.45, 2.75) is 19.4 Å². The van der Waals surface area contributed by atoms with Gasteiger partial charge in [-0.15, -0.1) is 0 Å². The van der Waals surface area contributed by atoms with Gasteiger partial charge in [-0.3, -0.25) is 4.79 Å². The van der Waals surface area contributed by atoms with E-state index in [4.69, 9.17) is 5.73 Å². The molecule has 0 amide bonds. The number of hydrogen-bond acceptors (Lipinski definition) is 7. The number of thiazole rings is 1. The number of carbonyl (C=O) groups excluding carboxylic acids is 1. The van der Waals surface area contributed by atoms with Crippen LogP contribution in [0.15, 0.2) is 42.5 Å². The highest BCUT2D eigenvalue weighted by Gasteiger charge is 2.26. The molecule has 0 saturated carbocycles. The van der Waals surface area contributed by atoms with Gasteiger partial charge in [0.1, 0.15) is 22.3 Å². The summed E-state index contributed by atoms with van der Waals surface area (Å²) in [4.78, 5) is 19.1. The van der Waals surface area contributed by atoms with E-state index in [-0.39, 0.29) is 16.2 Å². The summed E-state index contributed by atoms with van der Waals surface area (Å²) in [5.41, 5.74) is 7.16. The minimum absolute atomic E-state index is 0.00818. The first-order valence-electron chi connectivity index (χ1n) is 9.85. The fourth-order valence-electron chi connectivity index (χ4n) is 3.62. The van der Waals surface area contributed by atoms with Crippen LogP contribution < -0.4 is 21.3 Å². The van der Waals surface area contributed by atoms with E-state index in [1.165, 1.54) is 6.07 Å². The summed E-state index contributed by atoms with van der Waals surface area (Å²) in [5.74, 6) is -2.76. The van der Waals surface area contributed by atoms with Gasteiger partial charge in [-0.1, -0.05) is 17.4 Å². The summed E-state index contributed by atoms with van der Waals surface area (Å²) < 4.78 is 27.9. The van der Waals surface area contributed by atoms with Crippen molar-refractivity contribution in [2.24, 2.45) is 0 Å². The van der Waals surface area contributed by atoms with E-state index in [1.54, 1.807) is 0 Å². The Hall–Kier alpha value is -3.04. The zero-order valence-corrected chi connectivity index (χ0v) is 18.0. The highest BCUT2D eigenvalue weighted by Crippen LogP contribution is 2.31. The zero-order chi connectivity index (χ0) is 22.2. The van der Waals surface area contributed by atoms with Crippen LogP contribution in [0, 0.1) is 11.6 Å². The number of carbonyl (C=O) groups is 1. The Labute approximate surface area is 183 Å². The molecule has 0 radical (unpaired) electrons. The van der Waals surface area contributed by atoms with Crippen molar-refractivity contribution in [1.82, 2.24) is 10.3 Å². The molecular weight excluding hydrogens is 420 g/mol. The molecule has 31 heavy (non-hydrogen) atoms. The van der Waals surface area contributed by atoms with E-state index in [9.17, 15) is 13.6 Å². The van der Waals surface area contributed by atoms with Crippen molar-refractivity contribution < 1.29 is 13.6 Å². The van der Waals surface area contributed by atoms with Crippen LogP contribution in [0.1, 0.15) is 29.1 Å². The number of nitrogens with one attached hydrogen (secondary N) is 2. The molecular formula is C22H23F2N5OS. The Balaban J connectivity index is 1.50. The number of nitrogens with two attached hydrogens (primary N) is 1. The van der Waals surface area contributed by atoms with Crippen LogP contribution in [-0.2, 0) is 0 Å². The summed E-state index contributed by atoms with van der Waals surface area (Å²) in [5, 5.41) is 6.96. The largest absolute Gasteiger partial charge is 0.382 e. The van der Waals surface area contributed by atoms with E-state index in [0.717, 1.165) is 54.5 Å². The summed E-state index contributed by atoms with van der Waals surface area (Å²) >= 11 is 0.958. The topological polar surface area (TPSA) is 83.3 Å². The smallest absolute Gasteiger partial charge is 0.212 e. The van der Waals surface area contributed by atoms with E-state index < -0.39 is 23.0 Å². The maximum absolute atomic E-state index is 14.0. The molecule has 1 fully saturated rings. The summed E-state index contributed by atoms with van der Waals surface area (Å²) in [6.07, 6.45) is 0. The minimum atomic E-state index is -0.931. The molecule has 1 aliphatic rings. The molecule has 4 rings (SSSR count). The van der Waals surface area contributed by atoms with Crippen LogP contribution in [-0.4, -0.2) is 35.9 Å². The van der Waals surface area contributed by atoms with Crippen molar-refractivity contribution >= 4 is 39.4 Å². The Morgan fingerprint density at radius 1 is 1.19 bits per heavy atom. The third-order valence-electron chi connectivity index (χ3n) is 5.10. The van der Waals surface area contributed by atoms with Gasteiger partial charge in [0.05, 0.1) is 5.56 Å². The molecule has 1 aromatic heterocycles.